The molecule has 5 nitrogen and oxygen atoms in total. The Labute approximate surface area is 82.7 Å². The number of H-pyrrole nitrogens is 1. The monoisotopic (exact) mass is 197 g/mol. The van der Waals surface area contributed by atoms with Crippen LogP contribution in [0.2, 0.25) is 0 Å². The Morgan fingerprint density at radius 1 is 1.79 bits per heavy atom. The number of carbonyl (C=O) groups is 1. The molecule has 0 spiro atoms. The Morgan fingerprint density at radius 3 is 3.14 bits per heavy atom. The predicted molar refractivity (Wildman–Crippen MR) is 51.5 cm³/mol. The molecule has 1 rings (SSSR count). The van der Waals surface area contributed by atoms with Crippen LogP contribution in [0.4, 0.5) is 0 Å². The maximum Gasteiger partial charge on any atom is 0.323 e. The number of aromatic amines is 1. The lowest BCUT2D eigenvalue weighted by Gasteiger charge is -2.09. The van der Waals surface area contributed by atoms with Crippen molar-refractivity contribution in [2.45, 2.75) is 25.8 Å². The van der Waals surface area contributed by atoms with Gasteiger partial charge in [-0.25, -0.2) is 4.98 Å². The lowest BCUT2D eigenvalue weighted by atomic mass is 10.2. The third-order valence-electron chi connectivity index (χ3n) is 1.75. The Morgan fingerprint density at radius 2 is 2.57 bits per heavy atom. The maximum absolute atomic E-state index is 11.2. The molecule has 0 aliphatic carbocycles. The molecule has 1 heterocycles. The van der Waals surface area contributed by atoms with Crippen LogP contribution in [0, 0.1) is 0 Å². The van der Waals surface area contributed by atoms with Gasteiger partial charge in [0.1, 0.15) is 6.04 Å². The maximum atomic E-state index is 11.2. The van der Waals surface area contributed by atoms with Gasteiger partial charge in [-0.1, -0.05) is 6.92 Å². The minimum atomic E-state index is -0.609. The number of nitrogens with zero attached hydrogens (tertiary/aromatic N) is 1. The summed E-state index contributed by atoms with van der Waals surface area (Å²) in [6.45, 7) is 2.36. The lowest BCUT2D eigenvalue weighted by Crippen LogP contribution is -2.34. The van der Waals surface area contributed by atoms with E-state index < -0.39 is 6.04 Å². The van der Waals surface area contributed by atoms with Gasteiger partial charge >= 0.3 is 5.97 Å². The van der Waals surface area contributed by atoms with Gasteiger partial charge in [0.05, 0.1) is 12.9 Å². The summed E-state index contributed by atoms with van der Waals surface area (Å²) in [4.78, 5) is 18.0. The van der Waals surface area contributed by atoms with E-state index in [-0.39, 0.29) is 5.97 Å². The molecule has 1 aromatic heterocycles. The summed E-state index contributed by atoms with van der Waals surface area (Å²) >= 11 is 0. The van der Waals surface area contributed by atoms with E-state index in [1.165, 1.54) is 0 Å². The van der Waals surface area contributed by atoms with Crippen molar-refractivity contribution in [1.82, 2.24) is 9.97 Å². The molecule has 0 aliphatic rings. The average molecular weight is 197 g/mol. The van der Waals surface area contributed by atoms with Crippen molar-refractivity contribution >= 4 is 5.97 Å². The van der Waals surface area contributed by atoms with Crippen molar-refractivity contribution in [2.75, 3.05) is 6.61 Å². The molecule has 3 N–H and O–H groups in total. The summed E-state index contributed by atoms with van der Waals surface area (Å²) in [5.41, 5.74) is 6.47. The molecule has 0 aliphatic heterocycles. The van der Waals surface area contributed by atoms with Crippen LogP contribution in [0.25, 0.3) is 0 Å². The molecular formula is C9H15N3O2. The van der Waals surface area contributed by atoms with E-state index in [0.717, 1.165) is 12.1 Å². The zero-order valence-electron chi connectivity index (χ0n) is 8.19. The minimum absolute atomic E-state index is 0.360. The lowest BCUT2D eigenvalue weighted by molar-refractivity contribution is -0.145. The van der Waals surface area contributed by atoms with Gasteiger partial charge in [0.15, 0.2) is 0 Å². The van der Waals surface area contributed by atoms with E-state index in [1.54, 1.807) is 12.5 Å². The van der Waals surface area contributed by atoms with Gasteiger partial charge < -0.3 is 15.5 Å². The number of rotatable bonds is 5. The van der Waals surface area contributed by atoms with Gasteiger partial charge in [-0.15, -0.1) is 0 Å². The molecular weight excluding hydrogens is 182 g/mol. The second-order valence-electron chi connectivity index (χ2n) is 3.05. The van der Waals surface area contributed by atoms with E-state index >= 15 is 0 Å². The molecule has 78 valence electrons. The summed E-state index contributed by atoms with van der Waals surface area (Å²) in [6.07, 6.45) is 4.44. The molecule has 1 atom stereocenters. The van der Waals surface area contributed by atoms with Crippen LogP contribution in [-0.2, 0) is 16.0 Å². The highest BCUT2D eigenvalue weighted by Gasteiger charge is 2.15. The van der Waals surface area contributed by atoms with Gasteiger partial charge in [-0.3, -0.25) is 4.79 Å². The van der Waals surface area contributed by atoms with E-state index in [1.807, 2.05) is 6.92 Å². The first kappa shape index (κ1) is 10.7. The zero-order chi connectivity index (χ0) is 10.4. The van der Waals surface area contributed by atoms with Crippen molar-refractivity contribution in [3.05, 3.63) is 18.2 Å². The molecule has 0 radical (unpaired) electrons. The number of ether oxygens (including phenoxy) is 1. The summed E-state index contributed by atoms with van der Waals surface area (Å²) in [7, 11) is 0. The summed E-state index contributed by atoms with van der Waals surface area (Å²) in [5.74, 6) is -0.360. The van der Waals surface area contributed by atoms with Gasteiger partial charge in [0.25, 0.3) is 0 Å². The summed E-state index contributed by atoms with van der Waals surface area (Å²) in [6, 6.07) is -0.609. The Balaban J connectivity index is 2.34. The Bertz CT molecular complexity index is 272. The predicted octanol–water partition coefficient (Wildman–Crippen LogP) is 0.233. The molecule has 1 aromatic rings. The second kappa shape index (κ2) is 5.39. The topological polar surface area (TPSA) is 81.0 Å². The van der Waals surface area contributed by atoms with Gasteiger partial charge in [-0.2, -0.15) is 0 Å². The number of nitrogens with one attached hydrogen (secondary N) is 1. The minimum Gasteiger partial charge on any atom is -0.465 e. The fourth-order valence-corrected chi connectivity index (χ4v) is 1.03. The van der Waals surface area contributed by atoms with Crippen LogP contribution >= 0.6 is 0 Å². The van der Waals surface area contributed by atoms with Crippen LogP contribution in [0.1, 0.15) is 19.0 Å². The number of imidazole rings is 1. The van der Waals surface area contributed by atoms with E-state index in [9.17, 15) is 4.79 Å². The van der Waals surface area contributed by atoms with E-state index in [4.69, 9.17) is 10.5 Å². The average Bonchev–Trinajstić information content (AvgIpc) is 2.66. The molecule has 0 fully saturated rings. The number of nitrogens with two attached hydrogens (primary N) is 1. The zero-order valence-corrected chi connectivity index (χ0v) is 8.19. The van der Waals surface area contributed by atoms with Crippen molar-refractivity contribution in [1.29, 1.82) is 0 Å². The first-order chi connectivity index (χ1) is 6.74. The van der Waals surface area contributed by atoms with Crippen molar-refractivity contribution in [3.8, 4) is 0 Å². The van der Waals surface area contributed by atoms with Crippen LogP contribution in [0.15, 0.2) is 12.5 Å². The number of aromatic nitrogens is 2. The molecule has 0 bridgehead atoms. The fourth-order valence-electron chi connectivity index (χ4n) is 1.03. The first-order valence-electron chi connectivity index (χ1n) is 4.63. The third-order valence-corrected chi connectivity index (χ3v) is 1.75. The first-order valence-corrected chi connectivity index (χ1v) is 4.63. The largest absolute Gasteiger partial charge is 0.465 e. The highest BCUT2D eigenvalue weighted by Crippen LogP contribution is 1.98. The normalized spacial score (nSPS) is 12.4. The Hall–Kier alpha value is -1.36. The molecule has 0 saturated heterocycles. The quantitative estimate of drug-likeness (QED) is 0.662. The molecule has 14 heavy (non-hydrogen) atoms. The van der Waals surface area contributed by atoms with Gasteiger partial charge in [-0.05, 0) is 6.42 Å². The third kappa shape index (κ3) is 3.18. The number of hydrogen-bond acceptors (Lipinski definition) is 4. The molecule has 0 aromatic carbocycles. The highest BCUT2D eigenvalue weighted by molar-refractivity contribution is 5.75. The van der Waals surface area contributed by atoms with Crippen molar-refractivity contribution in [2.24, 2.45) is 5.73 Å². The molecule has 0 unspecified atom stereocenters. The number of hydrogen-bond donors (Lipinski definition) is 2. The fraction of sp³-hybridized carbons (Fsp3) is 0.556. The standard InChI is InChI=1S/C9H15N3O2/c1-2-3-14-9(13)8(10)4-7-5-11-6-12-7/h5-6,8H,2-4,10H2,1H3,(H,11,12)/t8-/m1/s1. The highest BCUT2D eigenvalue weighted by atomic mass is 16.5. The van der Waals surface area contributed by atoms with Gasteiger partial charge in [0, 0.05) is 18.3 Å². The molecule has 5 heteroatoms. The molecule has 0 saturated carbocycles. The van der Waals surface area contributed by atoms with Crippen LogP contribution in [0.3, 0.4) is 0 Å². The summed E-state index contributed by atoms with van der Waals surface area (Å²) < 4.78 is 4.90. The van der Waals surface area contributed by atoms with Gasteiger partial charge in [0.2, 0.25) is 0 Å². The van der Waals surface area contributed by atoms with Crippen LogP contribution in [0.5, 0.6) is 0 Å². The van der Waals surface area contributed by atoms with E-state index in [0.29, 0.717) is 13.0 Å². The number of carbonyl (C=O) groups excluding carboxylic acids is 1. The molecule has 0 amide bonds. The number of esters is 1. The van der Waals surface area contributed by atoms with Crippen LogP contribution < -0.4 is 5.73 Å². The van der Waals surface area contributed by atoms with Crippen molar-refractivity contribution in [3.63, 3.8) is 0 Å². The smallest absolute Gasteiger partial charge is 0.323 e. The second-order valence-corrected chi connectivity index (χ2v) is 3.05. The van der Waals surface area contributed by atoms with Crippen molar-refractivity contribution < 1.29 is 9.53 Å². The van der Waals surface area contributed by atoms with E-state index in [2.05, 4.69) is 9.97 Å². The van der Waals surface area contributed by atoms with Crippen LogP contribution in [-0.4, -0.2) is 28.6 Å². The Kier molecular flexibility index (Phi) is 4.12. The summed E-state index contributed by atoms with van der Waals surface area (Å²) in [5, 5.41) is 0. The SMILES string of the molecule is CCCOC(=O)[C@H](N)Cc1cnc[nH]1.